The number of carbonyl (C=O) groups is 2. The maximum Gasteiger partial charge on any atom is 0.328 e. The number of carbonyl (C=O) groups excluding carboxylic acids is 2. The van der Waals surface area contributed by atoms with E-state index >= 15 is 0 Å². The number of nitrogens with zero attached hydrogens (tertiary/aromatic N) is 1. The van der Waals surface area contributed by atoms with Crippen LogP contribution in [0, 0.1) is 22.6 Å². The summed E-state index contributed by atoms with van der Waals surface area (Å²) in [7, 11) is 1.23. The number of esters is 1. The Morgan fingerprint density at radius 1 is 1.12 bits per heavy atom. The summed E-state index contributed by atoms with van der Waals surface area (Å²) in [6, 6.07) is 18.0. The molecule has 0 aliphatic heterocycles. The number of hydrogen-bond donors (Lipinski definition) is 3. The highest BCUT2D eigenvalue weighted by Crippen LogP contribution is 2.25. The van der Waals surface area contributed by atoms with E-state index < -0.39 is 23.7 Å². The van der Waals surface area contributed by atoms with Gasteiger partial charge in [0.15, 0.2) is 0 Å². The van der Waals surface area contributed by atoms with Crippen LogP contribution < -0.4 is 11.1 Å². The monoisotopic (exact) mass is 444 g/mol. The number of ether oxygens (including phenoxy) is 1. The zero-order valence-corrected chi connectivity index (χ0v) is 17.8. The van der Waals surface area contributed by atoms with Crippen molar-refractivity contribution in [1.29, 1.82) is 10.7 Å². The van der Waals surface area contributed by atoms with E-state index in [-0.39, 0.29) is 17.8 Å². The molecule has 0 radical (unpaired) electrons. The lowest BCUT2D eigenvalue weighted by atomic mass is 9.98. The predicted octanol–water partition coefficient (Wildman–Crippen LogP) is 3.16. The second kappa shape index (κ2) is 10.2. The highest BCUT2D eigenvalue weighted by molar-refractivity contribution is 5.97. The number of hydrogen-bond acceptors (Lipinski definition) is 5. The van der Waals surface area contributed by atoms with E-state index in [9.17, 15) is 19.2 Å². The Bertz CT molecular complexity index is 1250. The summed E-state index contributed by atoms with van der Waals surface area (Å²) in [5, 5.41) is 19.5. The maximum absolute atomic E-state index is 13.6. The molecule has 1 atom stereocenters. The molecule has 0 saturated carbocycles. The van der Waals surface area contributed by atoms with Crippen molar-refractivity contribution in [2.75, 3.05) is 7.11 Å². The van der Waals surface area contributed by atoms with Gasteiger partial charge in [-0.1, -0.05) is 30.3 Å². The third kappa shape index (κ3) is 5.60. The molecule has 7 nitrogen and oxygen atoms in total. The summed E-state index contributed by atoms with van der Waals surface area (Å²) in [5.74, 6) is -1.69. The molecule has 1 amide bonds. The topological polar surface area (TPSA) is 129 Å². The van der Waals surface area contributed by atoms with Crippen LogP contribution in [-0.4, -0.2) is 30.9 Å². The smallest absolute Gasteiger partial charge is 0.328 e. The van der Waals surface area contributed by atoms with Crippen LogP contribution in [0.2, 0.25) is 0 Å². The lowest BCUT2D eigenvalue weighted by molar-refractivity contribution is -0.142. The first-order valence-electron chi connectivity index (χ1n) is 9.94. The molecule has 0 aliphatic rings. The number of nitrogens with one attached hydrogen (secondary N) is 2. The fourth-order valence-corrected chi connectivity index (χ4v) is 3.33. The Hall–Kier alpha value is -4.51. The van der Waals surface area contributed by atoms with Crippen LogP contribution in [0.1, 0.15) is 27.0 Å². The molecular formula is C25H21FN4O3. The lowest BCUT2D eigenvalue weighted by Crippen LogP contribution is -2.43. The van der Waals surface area contributed by atoms with Crippen LogP contribution in [0.15, 0.2) is 66.7 Å². The Labute approximate surface area is 190 Å². The van der Waals surface area contributed by atoms with Gasteiger partial charge in [-0.05, 0) is 47.5 Å². The van der Waals surface area contributed by atoms with Crippen LogP contribution in [0.25, 0.3) is 11.1 Å². The van der Waals surface area contributed by atoms with Crippen molar-refractivity contribution < 1.29 is 18.7 Å². The zero-order chi connectivity index (χ0) is 24.0. The number of rotatable bonds is 7. The van der Waals surface area contributed by atoms with Gasteiger partial charge in [0.2, 0.25) is 0 Å². The van der Waals surface area contributed by atoms with E-state index in [0.717, 1.165) is 0 Å². The molecule has 33 heavy (non-hydrogen) atoms. The average molecular weight is 444 g/mol. The van der Waals surface area contributed by atoms with Gasteiger partial charge in [0.05, 0.1) is 18.7 Å². The molecule has 0 fully saturated rings. The average Bonchev–Trinajstić information content (AvgIpc) is 2.83. The fraction of sp³-hybridized carbons (Fsp3) is 0.120. The Morgan fingerprint density at radius 3 is 2.48 bits per heavy atom. The van der Waals surface area contributed by atoms with Crippen molar-refractivity contribution in [3.05, 3.63) is 94.8 Å². The van der Waals surface area contributed by atoms with Gasteiger partial charge in [0.25, 0.3) is 5.91 Å². The summed E-state index contributed by atoms with van der Waals surface area (Å²) in [6.45, 7) is 0. The highest BCUT2D eigenvalue weighted by atomic mass is 19.1. The van der Waals surface area contributed by atoms with Crippen molar-refractivity contribution >= 4 is 17.7 Å². The Morgan fingerprint density at radius 2 is 1.85 bits per heavy atom. The quantitative estimate of drug-likeness (QED) is 0.293. The molecule has 3 aromatic carbocycles. The SMILES string of the molecule is COC(=O)[C@H](Cc1cccc(C(=N)N)c1)NC(=O)c1ccc(-c2cc(F)ccc2C#N)cc1. The third-order valence-corrected chi connectivity index (χ3v) is 5.03. The van der Waals surface area contributed by atoms with E-state index in [4.69, 9.17) is 15.9 Å². The van der Waals surface area contributed by atoms with Gasteiger partial charge in [-0.3, -0.25) is 10.2 Å². The third-order valence-electron chi connectivity index (χ3n) is 5.03. The first kappa shape index (κ1) is 23.2. The molecule has 0 bridgehead atoms. The molecular weight excluding hydrogens is 423 g/mol. The molecule has 0 unspecified atom stereocenters. The summed E-state index contributed by atoms with van der Waals surface area (Å²) < 4.78 is 18.5. The number of nitrogen functional groups attached to an aromatic ring is 1. The van der Waals surface area contributed by atoms with Crippen LogP contribution in [0.5, 0.6) is 0 Å². The van der Waals surface area contributed by atoms with Gasteiger partial charge in [-0.2, -0.15) is 5.26 Å². The number of halogens is 1. The van der Waals surface area contributed by atoms with Crippen molar-refractivity contribution in [3.63, 3.8) is 0 Å². The van der Waals surface area contributed by atoms with Gasteiger partial charge in [-0.25, -0.2) is 9.18 Å². The Kier molecular flexibility index (Phi) is 7.16. The molecule has 8 heteroatoms. The Balaban J connectivity index is 1.80. The van der Waals surface area contributed by atoms with E-state index in [1.807, 2.05) is 6.07 Å². The summed E-state index contributed by atoms with van der Waals surface area (Å²) in [6.07, 6.45) is 0.145. The summed E-state index contributed by atoms with van der Waals surface area (Å²) in [5.41, 5.74) is 8.31. The van der Waals surface area contributed by atoms with E-state index in [1.54, 1.807) is 36.4 Å². The van der Waals surface area contributed by atoms with Crippen LogP contribution >= 0.6 is 0 Å². The standard InChI is InChI=1S/C25H21FN4O3/c1-33-25(32)22(12-15-3-2-4-18(11-15)23(28)29)30-24(31)17-7-5-16(6-8-17)21-13-20(26)10-9-19(21)14-27/h2-11,13,22H,12H2,1H3,(H3,28,29)(H,30,31)/t22-/m0/s1. The van der Waals surface area contributed by atoms with E-state index in [0.29, 0.717) is 27.8 Å². The van der Waals surface area contributed by atoms with Crippen molar-refractivity contribution in [2.24, 2.45) is 5.73 Å². The van der Waals surface area contributed by atoms with Crippen molar-refractivity contribution in [1.82, 2.24) is 5.32 Å². The molecule has 3 aromatic rings. The van der Waals surface area contributed by atoms with Crippen LogP contribution in [-0.2, 0) is 16.0 Å². The maximum atomic E-state index is 13.6. The molecule has 0 saturated heterocycles. The van der Waals surface area contributed by atoms with Gasteiger partial charge in [-0.15, -0.1) is 0 Å². The zero-order valence-electron chi connectivity index (χ0n) is 17.8. The molecule has 3 rings (SSSR count). The molecule has 0 heterocycles. The van der Waals surface area contributed by atoms with E-state index in [2.05, 4.69) is 5.32 Å². The number of amidine groups is 1. The van der Waals surface area contributed by atoms with E-state index in [1.165, 1.54) is 37.4 Å². The minimum atomic E-state index is -0.960. The first-order chi connectivity index (χ1) is 15.8. The van der Waals surface area contributed by atoms with Crippen LogP contribution in [0.3, 0.4) is 0 Å². The highest BCUT2D eigenvalue weighted by Gasteiger charge is 2.23. The van der Waals surface area contributed by atoms with Crippen molar-refractivity contribution in [3.8, 4) is 17.2 Å². The van der Waals surface area contributed by atoms with Gasteiger partial charge >= 0.3 is 5.97 Å². The molecule has 0 aromatic heterocycles. The van der Waals surface area contributed by atoms with Gasteiger partial charge < -0.3 is 15.8 Å². The van der Waals surface area contributed by atoms with Gasteiger partial charge in [0.1, 0.15) is 17.7 Å². The molecule has 0 aliphatic carbocycles. The summed E-state index contributed by atoms with van der Waals surface area (Å²) in [4.78, 5) is 25.1. The van der Waals surface area contributed by atoms with Crippen LogP contribution in [0.4, 0.5) is 4.39 Å². The van der Waals surface area contributed by atoms with Gasteiger partial charge in [0, 0.05) is 23.1 Å². The minimum absolute atomic E-state index is 0.103. The number of nitriles is 1. The van der Waals surface area contributed by atoms with Crippen molar-refractivity contribution in [2.45, 2.75) is 12.5 Å². The number of amides is 1. The normalized spacial score (nSPS) is 11.2. The lowest BCUT2D eigenvalue weighted by Gasteiger charge is -2.17. The largest absolute Gasteiger partial charge is 0.467 e. The number of methoxy groups -OCH3 is 1. The molecule has 0 spiro atoms. The molecule has 166 valence electrons. The molecule has 4 N–H and O–H groups in total. The number of benzene rings is 3. The fourth-order valence-electron chi connectivity index (χ4n) is 3.33. The second-order valence-electron chi connectivity index (χ2n) is 7.25. The first-order valence-corrected chi connectivity index (χ1v) is 9.94. The number of nitrogens with two attached hydrogens (primary N) is 1. The predicted molar refractivity (Wildman–Crippen MR) is 121 cm³/mol. The second-order valence-corrected chi connectivity index (χ2v) is 7.25. The minimum Gasteiger partial charge on any atom is -0.467 e. The summed E-state index contributed by atoms with van der Waals surface area (Å²) >= 11 is 0.